The van der Waals surface area contributed by atoms with E-state index >= 15 is 0 Å². The van der Waals surface area contributed by atoms with Gasteiger partial charge in [-0.05, 0) is 24.4 Å². The number of nitro benzene ring substituents is 1. The Morgan fingerprint density at radius 1 is 1.29 bits per heavy atom. The number of hydrogen-bond donors (Lipinski definition) is 2. The molecule has 108 valence electrons. The summed E-state index contributed by atoms with van der Waals surface area (Å²) in [6.07, 6.45) is 0. The van der Waals surface area contributed by atoms with Crippen LogP contribution in [0.25, 0.3) is 0 Å². The summed E-state index contributed by atoms with van der Waals surface area (Å²) in [4.78, 5) is 33.6. The van der Waals surface area contributed by atoms with Gasteiger partial charge in [0.25, 0.3) is 11.6 Å². The number of carboxylic acid groups (broad SMARTS) is 1. The van der Waals surface area contributed by atoms with Gasteiger partial charge >= 0.3 is 5.97 Å². The van der Waals surface area contributed by atoms with Gasteiger partial charge in [-0.3, -0.25) is 14.9 Å². The van der Waals surface area contributed by atoms with Crippen molar-refractivity contribution < 1.29 is 19.6 Å². The van der Waals surface area contributed by atoms with Gasteiger partial charge in [-0.25, -0.2) is 4.79 Å². The van der Waals surface area contributed by atoms with E-state index < -0.39 is 16.8 Å². The SMILES string of the molecule is Cc1cccc(C(=O)Nc2sccc2C(=O)O)c1[N+](=O)[O-]. The number of benzene rings is 1. The highest BCUT2D eigenvalue weighted by atomic mass is 32.1. The molecule has 0 bridgehead atoms. The number of rotatable bonds is 4. The Morgan fingerprint density at radius 2 is 2.00 bits per heavy atom. The van der Waals surface area contributed by atoms with Gasteiger partial charge in [0.1, 0.15) is 10.6 Å². The van der Waals surface area contributed by atoms with E-state index in [0.29, 0.717) is 5.56 Å². The Kier molecular flexibility index (Phi) is 3.99. The molecule has 0 saturated heterocycles. The van der Waals surface area contributed by atoms with Gasteiger partial charge in [-0.15, -0.1) is 11.3 Å². The van der Waals surface area contributed by atoms with Crippen molar-refractivity contribution in [3.8, 4) is 0 Å². The topological polar surface area (TPSA) is 110 Å². The molecule has 2 aromatic rings. The van der Waals surface area contributed by atoms with Crippen molar-refractivity contribution in [1.29, 1.82) is 0 Å². The Balaban J connectivity index is 2.38. The number of hydrogen-bond acceptors (Lipinski definition) is 5. The number of thiophene rings is 1. The fourth-order valence-electron chi connectivity index (χ4n) is 1.83. The van der Waals surface area contributed by atoms with Crippen LogP contribution in [0.2, 0.25) is 0 Å². The Labute approximate surface area is 123 Å². The van der Waals surface area contributed by atoms with Gasteiger partial charge < -0.3 is 10.4 Å². The van der Waals surface area contributed by atoms with Gasteiger partial charge in [0, 0.05) is 5.56 Å². The number of amides is 1. The van der Waals surface area contributed by atoms with Crippen LogP contribution in [-0.2, 0) is 0 Å². The maximum atomic E-state index is 12.2. The minimum atomic E-state index is -1.18. The molecule has 1 aromatic heterocycles. The zero-order valence-electron chi connectivity index (χ0n) is 10.8. The minimum Gasteiger partial charge on any atom is -0.478 e. The number of nitrogens with zero attached hydrogens (tertiary/aromatic N) is 1. The van der Waals surface area contributed by atoms with Gasteiger partial charge in [0.05, 0.1) is 10.5 Å². The molecule has 2 rings (SSSR count). The second kappa shape index (κ2) is 5.71. The zero-order valence-corrected chi connectivity index (χ0v) is 11.6. The van der Waals surface area contributed by atoms with Crippen LogP contribution in [0.5, 0.6) is 0 Å². The lowest BCUT2D eigenvalue weighted by Crippen LogP contribution is -2.15. The molecule has 0 aliphatic heterocycles. The summed E-state index contributed by atoms with van der Waals surface area (Å²) in [5.74, 6) is -1.89. The minimum absolute atomic E-state index is 0.0522. The second-order valence-electron chi connectivity index (χ2n) is 4.15. The monoisotopic (exact) mass is 306 g/mol. The summed E-state index contributed by atoms with van der Waals surface area (Å²) < 4.78 is 0. The van der Waals surface area contributed by atoms with Crippen LogP contribution < -0.4 is 5.32 Å². The number of para-hydroxylation sites is 1. The van der Waals surface area contributed by atoms with Crippen molar-refractivity contribution in [2.45, 2.75) is 6.92 Å². The second-order valence-corrected chi connectivity index (χ2v) is 5.07. The number of nitro groups is 1. The van der Waals surface area contributed by atoms with E-state index in [1.54, 1.807) is 0 Å². The Morgan fingerprint density at radius 3 is 2.62 bits per heavy atom. The number of nitrogens with one attached hydrogen (secondary N) is 1. The lowest BCUT2D eigenvalue weighted by Gasteiger charge is -2.06. The highest BCUT2D eigenvalue weighted by Gasteiger charge is 2.24. The molecule has 21 heavy (non-hydrogen) atoms. The van der Waals surface area contributed by atoms with Crippen molar-refractivity contribution in [2.75, 3.05) is 5.32 Å². The molecule has 0 radical (unpaired) electrons. The van der Waals surface area contributed by atoms with E-state index in [0.717, 1.165) is 11.3 Å². The molecule has 0 saturated carbocycles. The standard InChI is InChI=1S/C13H10N2O5S/c1-7-3-2-4-8(10(7)15(19)20)11(16)14-12-9(13(17)18)5-6-21-12/h2-6H,1H3,(H,14,16)(H,17,18). The molecule has 0 spiro atoms. The van der Waals surface area contributed by atoms with Crippen molar-refractivity contribution in [3.05, 3.63) is 56.5 Å². The summed E-state index contributed by atoms with van der Waals surface area (Å²) in [5, 5.41) is 24.1. The number of carbonyl (C=O) groups excluding carboxylic acids is 1. The third-order valence-corrected chi connectivity index (χ3v) is 3.62. The molecular formula is C13H10N2O5S. The first-order valence-electron chi connectivity index (χ1n) is 5.78. The molecule has 8 heteroatoms. The highest BCUT2D eigenvalue weighted by Crippen LogP contribution is 2.27. The molecule has 0 atom stereocenters. The Bertz CT molecular complexity index is 738. The van der Waals surface area contributed by atoms with Crippen molar-refractivity contribution in [2.24, 2.45) is 0 Å². The van der Waals surface area contributed by atoms with E-state index in [1.165, 1.54) is 36.6 Å². The van der Waals surface area contributed by atoms with Gasteiger partial charge in [0.15, 0.2) is 0 Å². The summed E-state index contributed by atoms with van der Waals surface area (Å²) in [5.41, 5.74) is -0.0888. The number of carboxylic acids is 1. The molecule has 2 N–H and O–H groups in total. The fraction of sp³-hybridized carbons (Fsp3) is 0.0769. The van der Waals surface area contributed by atoms with E-state index in [-0.39, 0.29) is 21.8 Å². The third kappa shape index (κ3) is 2.90. The van der Waals surface area contributed by atoms with Gasteiger partial charge in [-0.1, -0.05) is 12.1 Å². The molecule has 1 heterocycles. The number of carbonyl (C=O) groups is 2. The quantitative estimate of drug-likeness (QED) is 0.666. The van der Waals surface area contributed by atoms with E-state index in [9.17, 15) is 19.7 Å². The van der Waals surface area contributed by atoms with Crippen LogP contribution in [-0.4, -0.2) is 21.9 Å². The fourth-order valence-corrected chi connectivity index (χ4v) is 2.60. The van der Waals surface area contributed by atoms with Crippen molar-refractivity contribution in [1.82, 2.24) is 0 Å². The van der Waals surface area contributed by atoms with E-state index in [2.05, 4.69) is 5.32 Å². The first kappa shape index (κ1) is 14.7. The van der Waals surface area contributed by atoms with E-state index in [4.69, 9.17) is 5.11 Å². The number of aryl methyl sites for hydroxylation is 1. The van der Waals surface area contributed by atoms with Crippen molar-refractivity contribution in [3.63, 3.8) is 0 Å². The predicted molar refractivity (Wildman–Crippen MR) is 77.1 cm³/mol. The van der Waals surface area contributed by atoms with Gasteiger partial charge in [-0.2, -0.15) is 0 Å². The zero-order chi connectivity index (χ0) is 15.6. The van der Waals surface area contributed by atoms with Crippen LogP contribution >= 0.6 is 11.3 Å². The predicted octanol–water partition coefficient (Wildman–Crippen LogP) is 2.92. The molecule has 0 unspecified atom stereocenters. The maximum absolute atomic E-state index is 12.2. The molecule has 0 aliphatic carbocycles. The highest BCUT2D eigenvalue weighted by molar-refractivity contribution is 7.14. The molecule has 0 fully saturated rings. The van der Waals surface area contributed by atoms with Crippen LogP contribution in [0.1, 0.15) is 26.3 Å². The molecular weight excluding hydrogens is 296 g/mol. The lowest BCUT2D eigenvalue weighted by atomic mass is 10.1. The summed E-state index contributed by atoms with van der Waals surface area (Å²) >= 11 is 1.04. The van der Waals surface area contributed by atoms with Crippen LogP contribution in [0.15, 0.2) is 29.6 Å². The average Bonchev–Trinajstić information content (AvgIpc) is 2.86. The molecule has 7 nitrogen and oxygen atoms in total. The van der Waals surface area contributed by atoms with Crippen LogP contribution in [0.3, 0.4) is 0 Å². The third-order valence-electron chi connectivity index (χ3n) is 2.79. The molecule has 1 aromatic carbocycles. The first-order chi connectivity index (χ1) is 9.91. The largest absolute Gasteiger partial charge is 0.478 e. The number of aromatic carboxylic acids is 1. The summed E-state index contributed by atoms with van der Waals surface area (Å²) in [6.45, 7) is 1.53. The average molecular weight is 306 g/mol. The first-order valence-corrected chi connectivity index (χ1v) is 6.66. The van der Waals surface area contributed by atoms with Gasteiger partial charge in [0.2, 0.25) is 0 Å². The van der Waals surface area contributed by atoms with Crippen molar-refractivity contribution >= 4 is 33.9 Å². The van der Waals surface area contributed by atoms with Crippen LogP contribution in [0.4, 0.5) is 10.7 Å². The summed E-state index contributed by atoms with van der Waals surface area (Å²) in [6, 6.07) is 5.74. The van der Waals surface area contributed by atoms with Crippen LogP contribution in [0, 0.1) is 17.0 Å². The normalized spacial score (nSPS) is 10.1. The molecule has 1 amide bonds. The maximum Gasteiger partial charge on any atom is 0.338 e. The Hall–Kier alpha value is -2.74. The summed E-state index contributed by atoms with van der Waals surface area (Å²) in [7, 11) is 0. The number of anilines is 1. The lowest BCUT2D eigenvalue weighted by molar-refractivity contribution is -0.385. The smallest absolute Gasteiger partial charge is 0.338 e. The van der Waals surface area contributed by atoms with E-state index in [1.807, 2.05) is 0 Å². The molecule has 0 aliphatic rings.